The van der Waals surface area contributed by atoms with Crippen molar-refractivity contribution in [2.45, 2.75) is 32.2 Å². The zero-order valence-corrected chi connectivity index (χ0v) is 20.7. The Morgan fingerprint density at radius 1 is 1.00 bits per heavy atom. The van der Waals surface area contributed by atoms with Crippen LogP contribution in [0.2, 0.25) is 0 Å². The summed E-state index contributed by atoms with van der Waals surface area (Å²) in [5, 5.41) is 0.730. The third kappa shape index (κ3) is 5.82. The Balaban J connectivity index is 2.04. The van der Waals surface area contributed by atoms with E-state index in [-0.39, 0.29) is 41.2 Å². The Kier molecular flexibility index (Phi) is 7.61. The molecule has 1 aromatic heterocycles. The van der Waals surface area contributed by atoms with Crippen molar-refractivity contribution in [1.29, 1.82) is 0 Å². The lowest BCUT2D eigenvalue weighted by atomic mass is 10.2. The number of aromatic nitrogens is 1. The van der Waals surface area contributed by atoms with Gasteiger partial charge in [-0.1, -0.05) is 38.1 Å². The summed E-state index contributed by atoms with van der Waals surface area (Å²) in [7, 11) is -6.29. The number of ether oxygens (including phenoxy) is 1. The van der Waals surface area contributed by atoms with Gasteiger partial charge >= 0.3 is 10.1 Å². The van der Waals surface area contributed by atoms with Crippen molar-refractivity contribution in [3.05, 3.63) is 60.3 Å². The monoisotopic (exact) mass is 492 g/mol. The van der Waals surface area contributed by atoms with Crippen molar-refractivity contribution in [3.8, 4) is 11.5 Å². The molecule has 0 amide bonds. The molecule has 0 saturated carbocycles. The first-order chi connectivity index (χ1) is 15.6. The summed E-state index contributed by atoms with van der Waals surface area (Å²) in [6.45, 7) is 5.62. The molecule has 1 heterocycles. The number of nitrogens with zero attached hydrogens (tertiary/aromatic N) is 2. The van der Waals surface area contributed by atoms with E-state index in [0.29, 0.717) is 11.1 Å². The molecule has 8 nitrogen and oxygen atoms in total. The predicted molar refractivity (Wildman–Crippen MR) is 127 cm³/mol. The zero-order valence-electron chi connectivity index (χ0n) is 19.1. The molecule has 0 bridgehead atoms. The average Bonchev–Trinajstić information content (AvgIpc) is 2.78. The molecule has 0 N–H and O–H groups in total. The van der Waals surface area contributed by atoms with E-state index < -0.39 is 20.1 Å². The van der Waals surface area contributed by atoms with Gasteiger partial charge in [0.25, 0.3) is 0 Å². The number of hydrogen-bond donors (Lipinski definition) is 0. The first kappa shape index (κ1) is 24.9. The van der Waals surface area contributed by atoms with Crippen LogP contribution >= 0.6 is 0 Å². The van der Waals surface area contributed by atoms with E-state index >= 15 is 0 Å². The molecular formula is C23H28N2O6S2. The molecule has 33 heavy (non-hydrogen) atoms. The number of hydrogen-bond acceptors (Lipinski definition) is 7. The van der Waals surface area contributed by atoms with E-state index in [1.807, 2.05) is 26.0 Å². The highest BCUT2D eigenvalue weighted by molar-refractivity contribution is 7.89. The van der Waals surface area contributed by atoms with Crippen LogP contribution in [0.4, 0.5) is 0 Å². The van der Waals surface area contributed by atoms with Crippen LogP contribution in [0.5, 0.6) is 11.5 Å². The van der Waals surface area contributed by atoms with Gasteiger partial charge in [0.2, 0.25) is 10.0 Å². The lowest BCUT2D eigenvalue weighted by Gasteiger charge is -2.25. The molecule has 0 aliphatic rings. The Bertz CT molecular complexity index is 1330. The van der Waals surface area contributed by atoms with Crippen molar-refractivity contribution in [2.75, 3.05) is 19.4 Å². The summed E-state index contributed by atoms with van der Waals surface area (Å²) in [5.41, 5.74) is 0.969. The minimum Gasteiger partial charge on any atom is -0.493 e. The van der Waals surface area contributed by atoms with E-state index in [9.17, 15) is 16.8 Å². The van der Waals surface area contributed by atoms with Gasteiger partial charge < -0.3 is 8.92 Å². The molecule has 0 aliphatic carbocycles. The zero-order chi connectivity index (χ0) is 24.2. The van der Waals surface area contributed by atoms with Gasteiger partial charge in [0.15, 0.2) is 11.5 Å². The Hall–Kier alpha value is -2.69. The molecule has 0 spiro atoms. The number of para-hydroxylation sites is 1. The van der Waals surface area contributed by atoms with E-state index in [0.717, 1.165) is 5.39 Å². The van der Waals surface area contributed by atoms with Crippen molar-refractivity contribution in [3.63, 3.8) is 0 Å². The van der Waals surface area contributed by atoms with E-state index in [1.54, 1.807) is 36.5 Å². The number of fused-ring (bicyclic) bond motifs is 1. The first-order valence-corrected chi connectivity index (χ1v) is 13.5. The number of pyridine rings is 1. The molecule has 0 atom stereocenters. The minimum absolute atomic E-state index is 0.0190. The smallest absolute Gasteiger partial charge is 0.309 e. The summed E-state index contributed by atoms with van der Waals surface area (Å²) in [5.74, 6) is 0.109. The van der Waals surface area contributed by atoms with Gasteiger partial charge in [0, 0.05) is 24.7 Å². The highest BCUT2D eigenvalue weighted by Gasteiger charge is 2.28. The van der Waals surface area contributed by atoms with Gasteiger partial charge in [-0.25, -0.2) is 8.42 Å². The minimum atomic E-state index is -3.91. The lowest BCUT2D eigenvalue weighted by molar-refractivity contribution is 0.360. The van der Waals surface area contributed by atoms with Crippen molar-refractivity contribution in [2.24, 2.45) is 5.92 Å². The van der Waals surface area contributed by atoms with Gasteiger partial charge in [0.1, 0.15) is 4.90 Å². The number of sulfonamides is 1. The van der Waals surface area contributed by atoms with Crippen molar-refractivity contribution >= 4 is 31.0 Å². The van der Waals surface area contributed by atoms with Crippen LogP contribution in [0, 0.1) is 5.92 Å². The standard InChI is InChI=1S/C23H28N2O6S2/c1-5-32(26,27)31-21-14-18(11-12-20(21)30-4)16-25(15-17(2)3)33(28,29)22-10-6-8-19-9-7-13-24-23(19)22/h6-14,17H,5,15-16H2,1-4H3. The number of benzene rings is 2. The molecule has 10 heteroatoms. The Morgan fingerprint density at radius 2 is 1.73 bits per heavy atom. The highest BCUT2D eigenvalue weighted by atomic mass is 32.2. The van der Waals surface area contributed by atoms with Gasteiger partial charge in [-0.2, -0.15) is 12.7 Å². The molecular weight excluding hydrogens is 464 g/mol. The van der Waals surface area contributed by atoms with Gasteiger partial charge in [-0.15, -0.1) is 0 Å². The molecule has 0 unspecified atom stereocenters. The van der Waals surface area contributed by atoms with Crippen LogP contribution in [0.1, 0.15) is 26.3 Å². The van der Waals surface area contributed by atoms with E-state index in [1.165, 1.54) is 24.4 Å². The largest absolute Gasteiger partial charge is 0.493 e. The molecule has 0 aliphatic heterocycles. The first-order valence-electron chi connectivity index (χ1n) is 10.5. The summed E-state index contributed by atoms with van der Waals surface area (Å²) in [6, 6.07) is 13.4. The maximum atomic E-state index is 13.7. The fraction of sp³-hybridized carbons (Fsp3) is 0.348. The average molecular weight is 493 g/mol. The van der Waals surface area contributed by atoms with Crippen LogP contribution in [-0.4, -0.2) is 45.5 Å². The summed E-state index contributed by atoms with van der Waals surface area (Å²) < 4.78 is 63.2. The maximum Gasteiger partial charge on any atom is 0.309 e. The summed E-state index contributed by atoms with van der Waals surface area (Å²) in [6.07, 6.45) is 1.56. The third-order valence-corrected chi connectivity index (χ3v) is 7.92. The number of rotatable bonds is 10. The maximum absolute atomic E-state index is 13.7. The topological polar surface area (TPSA) is 103 Å². The van der Waals surface area contributed by atoms with Crippen LogP contribution in [0.3, 0.4) is 0 Å². The Labute approximate surface area is 195 Å². The van der Waals surface area contributed by atoms with E-state index in [4.69, 9.17) is 8.92 Å². The second-order valence-corrected chi connectivity index (χ2v) is 11.7. The second kappa shape index (κ2) is 10.1. The van der Waals surface area contributed by atoms with E-state index in [2.05, 4.69) is 4.98 Å². The van der Waals surface area contributed by atoms with Crippen LogP contribution in [0.15, 0.2) is 59.6 Å². The number of methoxy groups -OCH3 is 1. The predicted octanol–water partition coefficient (Wildman–Crippen LogP) is 3.82. The Morgan fingerprint density at radius 3 is 2.39 bits per heavy atom. The third-order valence-electron chi connectivity index (χ3n) is 4.94. The van der Waals surface area contributed by atoms with Gasteiger partial charge in [-0.3, -0.25) is 4.98 Å². The molecule has 2 aromatic carbocycles. The normalized spacial score (nSPS) is 12.4. The second-order valence-electron chi connectivity index (χ2n) is 7.94. The van der Waals surface area contributed by atoms with Crippen molar-refractivity contribution < 1.29 is 25.8 Å². The molecule has 3 rings (SSSR count). The molecule has 3 aromatic rings. The fourth-order valence-corrected chi connectivity index (χ4v) is 5.64. The fourth-order valence-electron chi connectivity index (χ4n) is 3.36. The lowest BCUT2D eigenvalue weighted by Crippen LogP contribution is -2.34. The quantitative estimate of drug-likeness (QED) is 0.396. The summed E-state index contributed by atoms with van der Waals surface area (Å²) >= 11 is 0. The molecule has 0 saturated heterocycles. The van der Waals surface area contributed by atoms with Crippen LogP contribution < -0.4 is 8.92 Å². The summed E-state index contributed by atoms with van der Waals surface area (Å²) in [4.78, 5) is 4.42. The highest BCUT2D eigenvalue weighted by Crippen LogP contribution is 2.31. The molecule has 178 valence electrons. The SMILES string of the molecule is CCS(=O)(=O)Oc1cc(CN(CC(C)C)S(=O)(=O)c2cccc3cccnc23)ccc1OC. The van der Waals surface area contributed by atoms with Crippen molar-refractivity contribution in [1.82, 2.24) is 9.29 Å². The molecule has 0 fully saturated rings. The van der Waals surface area contributed by atoms with Gasteiger partial charge in [0.05, 0.1) is 18.4 Å². The molecule has 0 radical (unpaired) electrons. The van der Waals surface area contributed by atoms with Crippen LogP contribution in [0.25, 0.3) is 10.9 Å². The van der Waals surface area contributed by atoms with Crippen LogP contribution in [-0.2, 0) is 26.7 Å². The van der Waals surface area contributed by atoms with Gasteiger partial charge in [-0.05, 0) is 42.7 Å².